The molecule has 99 valence electrons. The van der Waals surface area contributed by atoms with Crippen LogP contribution in [0.5, 0.6) is 0 Å². The van der Waals surface area contributed by atoms with E-state index in [1.54, 1.807) is 0 Å². The molecule has 0 aliphatic heterocycles. The molecule has 0 fully saturated rings. The van der Waals surface area contributed by atoms with E-state index in [0.717, 1.165) is 13.1 Å². The minimum absolute atomic E-state index is 0. The molecule has 0 atom stereocenters. The van der Waals surface area contributed by atoms with Crippen LogP contribution in [0.4, 0.5) is 0 Å². The fourth-order valence-corrected chi connectivity index (χ4v) is 1.14. The molecule has 0 saturated carbocycles. The molecule has 0 amide bonds. The molecular formula is C12H30CuN2. The Bertz CT molecular complexity index is 62.0. The summed E-state index contributed by atoms with van der Waals surface area (Å²) in [6, 6.07) is 0. The molecule has 1 radical (unpaired) electrons. The molecule has 3 heteroatoms. The molecule has 0 heterocycles. The van der Waals surface area contributed by atoms with Crippen molar-refractivity contribution in [2.75, 3.05) is 13.1 Å². The van der Waals surface area contributed by atoms with Crippen LogP contribution < -0.4 is 11.5 Å². The number of rotatable bonds is 8. The number of hydrogen-bond acceptors (Lipinski definition) is 2. The van der Waals surface area contributed by atoms with Gasteiger partial charge in [-0.05, 0) is 25.9 Å². The molecule has 0 aromatic rings. The molecule has 0 bridgehead atoms. The van der Waals surface area contributed by atoms with E-state index < -0.39 is 0 Å². The molecular weight excluding hydrogens is 236 g/mol. The van der Waals surface area contributed by atoms with Crippen molar-refractivity contribution >= 4 is 0 Å². The Morgan fingerprint density at radius 2 is 0.933 bits per heavy atom. The first kappa shape index (κ1) is 20.8. The summed E-state index contributed by atoms with van der Waals surface area (Å²) in [7, 11) is 0. The van der Waals surface area contributed by atoms with Crippen molar-refractivity contribution < 1.29 is 17.1 Å². The summed E-state index contributed by atoms with van der Waals surface area (Å²) in [6.45, 7) is 6.13. The third-order valence-corrected chi connectivity index (χ3v) is 2.12. The average molecular weight is 266 g/mol. The first-order valence-electron chi connectivity index (χ1n) is 6.23. The Morgan fingerprint density at radius 1 is 0.600 bits per heavy atom. The standard InChI is InChI=1S/2C6H15N.Cu/c2*1-2-3-4-5-6-7;/h2*2-7H2,1H3;. The number of hydrogen-bond donors (Lipinski definition) is 2. The van der Waals surface area contributed by atoms with E-state index in [1.165, 1.54) is 51.4 Å². The second-order valence-electron chi connectivity index (χ2n) is 3.70. The minimum atomic E-state index is 0. The van der Waals surface area contributed by atoms with Gasteiger partial charge in [0, 0.05) is 17.1 Å². The van der Waals surface area contributed by atoms with E-state index in [-0.39, 0.29) is 17.1 Å². The molecule has 4 N–H and O–H groups in total. The van der Waals surface area contributed by atoms with Gasteiger partial charge in [0.25, 0.3) is 0 Å². The van der Waals surface area contributed by atoms with Crippen molar-refractivity contribution in [3.05, 3.63) is 0 Å². The summed E-state index contributed by atoms with van der Waals surface area (Å²) < 4.78 is 0. The summed E-state index contributed by atoms with van der Waals surface area (Å²) in [5.41, 5.74) is 10.5. The Labute approximate surface area is 107 Å². The normalized spacial score (nSPS) is 8.80. The van der Waals surface area contributed by atoms with Gasteiger partial charge >= 0.3 is 0 Å². The maximum absolute atomic E-state index is 5.27. The van der Waals surface area contributed by atoms with Crippen LogP contribution in [-0.2, 0) is 17.1 Å². The number of unbranched alkanes of at least 4 members (excludes halogenated alkanes) is 6. The Hall–Kier alpha value is 0.439. The summed E-state index contributed by atoms with van der Waals surface area (Å²) in [5.74, 6) is 0. The fourth-order valence-electron chi connectivity index (χ4n) is 1.14. The molecule has 0 aromatic heterocycles. The van der Waals surface area contributed by atoms with Crippen molar-refractivity contribution in [2.45, 2.75) is 65.2 Å². The van der Waals surface area contributed by atoms with Crippen LogP contribution in [0.15, 0.2) is 0 Å². The van der Waals surface area contributed by atoms with E-state index in [2.05, 4.69) is 13.8 Å². The molecule has 0 aliphatic rings. The van der Waals surface area contributed by atoms with Crippen LogP contribution in [0.2, 0.25) is 0 Å². The SMILES string of the molecule is CCCCCCN.CCCCCCN.[Cu]. The zero-order valence-corrected chi connectivity index (χ0v) is 11.5. The van der Waals surface area contributed by atoms with E-state index in [9.17, 15) is 0 Å². The molecule has 0 saturated heterocycles. The zero-order valence-electron chi connectivity index (χ0n) is 10.5. The van der Waals surface area contributed by atoms with E-state index >= 15 is 0 Å². The van der Waals surface area contributed by atoms with Crippen LogP contribution in [0.1, 0.15) is 65.2 Å². The molecule has 0 aromatic carbocycles. The first-order valence-corrected chi connectivity index (χ1v) is 6.23. The Balaban J connectivity index is -0.000000180. The second kappa shape index (κ2) is 23.9. The summed E-state index contributed by atoms with van der Waals surface area (Å²) >= 11 is 0. The molecule has 0 spiro atoms. The van der Waals surface area contributed by atoms with Crippen molar-refractivity contribution in [1.29, 1.82) is 0 Å². The monoisotopic (exact) mass is 265 g/mol. The predicted octanol–water partition coefficient (Wildman–Crippen LogP) is 3.05. The van der Waals surface area contributed by atoms with E-state index in [0.29, 0.717) is 0 Å². The summed E-state index contributed by atoms with van der Waals surface area (Å²) in [5, 5.41) is 0. The van der Waals surface area contributed by atoms with Gasteiger partial charge in [0.2, 0.25) is 0 Å². The second-order valence-corrected chi connectivity index (χ2v) is 3.70. The van der Waals surface area contributed by atoms with Crippen LogP contribution >= 0.6 is 0 Å². The van der Waals surface area contributed by atoms with Gasteiger partial charge in [-0.3, -0.25) is 0 Å². The third kappa shape index (κ3) is 31.4. The fraction of sp³-hybridized carbons (Fsp3) is 1.00. The van der Waals surface area contributed by atoms with Gasteiger partial charge in [0.05, 0.1) is 0 Å². The van der Waals surface area contributed by atoms with Crippen molar-refractivity contribution in [2.24, 2.45) is 11.5 Å². The maximum Gasteiger partial charge on any atom is 0 e. The summed E-state index contributed by atoms with van der Waals surface area (Å²) in [4.78, 5) is 0. The number of nitrogens with two attached hydrogens (primary N) is 2. The molecule has 2 nitrogen and oxygen atoms in total. The van der Waals surface area contributed by atoms with Crippen LogP contribution in [0.25, 0.3) is 0 Å². The smallest absolute Gasteiger partial charge is 0 e. The van der Waals surface area contributed by atoms with Crippen molar-refractivity contribution in [1.82, 2.24) is 0 Å². The van der Waals surface area contributed by atoms with Crippen LogP contribution in [-0.4, -0.2) is 13.1 Å². The molecule has 0 unspecified atom stereocenters. The largest absolute Gasteiger partial charge is 0.330 e. The Morgan fingerprint density at radius 3 is 1.13 bits per heavy atom. The van der Waals surface area contributed by atoms with Gasteiger partial charge in [0.1, 0.15) is 0 Å². The topological polar surface area (TPSA) is 52.0 Å². The quantitative estimate of drug-likeness (QED) is 0.524. The Kier molecular flexibility index (Phi) is 33.2. The minimum Gasteiger partial charge on any atom is -0.330 e. The summed E-state index contributed by atoms with van der Waals surface area (Å²) in [6.07, 6.45) is 10.3. The maximum atomic E-state index is 5.27. The van der Waals surface area contributed by atoms with Crippen LogP contribution in [0.3, 0.4) is 0 Å². The van der Waals surface area contributed by atoms with Gasteiger partial charge in [0.15, 0.2) is 0 Å². The predicted molar refractivity (Wildman–Crippen MR) is 66.4 cm³/mol. The van der Waals surface area contributed by atoms with Gasteiger partial charge < -0.3 is 11.5 Å². The molecule has 0 aliphatic carbocycles. The van der Waals surface area contributed by atoms with E-state index in [1.807, 2.05) is 0 Å². The van der Waals surface area contributed by atoms with Crippen molar-refractivity contribution in [3.63, 3.8) is 0 Å². The zero-order chi connectivity index (χ0) is 11.1. The van der Waals surface area contributed by atoms with Gasteiger partial charge in [-0.15, -0.1) is 0 Å². The van der Waals surface area contributed by atoms with Crippen molar-refractivity contribution in [3.8, 4) is 0 Å². The van der Waals surface area contributed by atoms with Gasteiger partial charge in [-0.25, -0.2) is 0 Å². The van der Waals surface area contributed by atoms with Gasteiger partial charge in [-0.2, -0.15) is 0 Å². The third-order valence-electron chi connectivity index (χ3n) is 2.12. The van der Waals surface area contributed by atoms with E-state index in [4.69, 9.17) is 11.5 Å². The van der Waals surface area contributed by atoms with Gasteiger partial charge in [-0.1, -0.05) is 52.4 Å². The average Bonchev–Trinajstić information content (AvgIpc) is 2.21. The first-order chi connectivity index (χ1) is 6.83. The van der Waals surface area contributed by atoms with Crippen LogP contribution in [0, 0.1) is 0 Å². The molecule has 0 rings (SSSR count). The molecule has 15 heavy (non-hydrogen) atoms.